The number of anilines is 1. The highest BCUT2D eigenvalue weighted by atomic mass is 32.1. The van der Waals surface area contributed by atoms with Gasteiger partial charge in [0.05, 0.1) is 5.00 Å². The molecule has 0 amide bonds. The Morgan fingerprint density at radius 3 is 2.91 bits per heavy atom. The predicted octanol–water partition coefficient (Wildman–Crippen LogP) is 3.38. The van der Waals surface area contributed by atoms with Crippen molar-refractivity contribution in [2.24, 2.45) is 4.99 Å². The van der Waals surface area contributed by atoms with Crippen molar-refractivity contribution < 1.29 is 0 Å². The Labute approximate surface area is 143 Å². The molecule has 0 radical (unpaired) electrons. The van der Waals surface area contributed by atoms with Gasteiger partial charge in [-0.05, 0) is 56.0 Å². The van der Waals surface area contributed by atoms with E-state index >= 15 is 0 Å². The van der Waals surface area contributed by atoms with Gasteiger partial charge in [-0.1, -0.05) is 11.6 Å². The molecule has 5 heteroatoms. The topological polar surface area (TPSA) is 39.7 Å². The molecule has 2 heterocycles. The van der Waals surface area contributed by atoms with E-state index < -0.39 is 0 Å². The van der Waals surface area contributed by atoms with Crippen LogP contribution < -0.4 is 15.5 Å². The van der Waals surface area contributed by atoms with Crippen LogP contribution in [-0.2, 0) is 0 Å². The lowest BCUT2D eigenvalue weighted by Gasteiger charge is -2.33. The van der Waals surface area contributed by atoms with Gasteiger partial charge in [0.25, 0.3) is 0 Å². The molecule has 3 rings (SSSR count). The molecule has 1 aliphatic heterocycles. The number of guanidine groups is 1. The summed E-state index contributed by atoms with van der Waals surface area (Å²) in [6, 6.07) is 4.88. The maximum absolute atomic E-state index is 4.38. The van der Waals surface area contributed by atoms with Gasteiger partial charge in [-0.2, -0.15) is 0 Å². The third kappa shape index (κ3) is 4.74. The standard InChI is InChI=1S/C18H28N4S/c1-19-18(20-11-8-15-5-2-3-6-15)21-16-9-12-22(13-10-16)17-7-4-14-23-17/h4-5,7,14,16H,2-3,6,8-13H2,1H3,(H2,19,20,21). The lowest BCUT2D eigenvalue weighted by molar-refractivity contribution is 0.463. The van der Waals surface area contributed by atoms with Gasteiger partial charge in [-0.25, -0.2) is 0 Å². The van der Waals surface area contributed by atoms with Crippen molar-refractivity contribution in [2.45, 2.75) is 44.6 Å². The molecule has 0 spiro atoms. The van der Waals surface area contributed by atoms with Gasteiger partial charge in [0, 0.05) is 32.7 Å². The van der Waals surface area contributed by atoms with Gasteiger partial charge in [0.15, 0.2) is 5.96 Å². The predicted molar refractivity (Wildman–Crippen MR) is 101 cm³/mol. The van der Waals surface area contributed by atoms with Crippen LogP contribution in [0, 0.1) is 0 Å². The van der Waals surface area contributed by atoms with Crippen LogP contribution in [0.25, 0.3) is 0 Å². The van der Waals surface area contributed by atoms with Crippen LogP contribution in [-0.4, -0.2) is 38.7 Å². The van der Waals surface area contributed by atoms with E-state index in [1.54, 1.807) is 5.57 Å². The first kappa shape index (κ1) is 16.4. The number of piperidine rings is 1. The monoisotopic (exact) mass is 332 g/mol. The Bertz CT molecular complexity index is 527. The summed E-state index contributed by atoms with van der Waals surface area (Å²) in [7, 11) is 1.87. The Hall–Kier alpha value is -1.49. The van der Waals surface area contributed by atoms with Crippen LogP contribution in [0.15, 0.2) is 34.2 Å². The maximum atomic E-state index is 4.38. The molecule has 0 unspecified atom stereocenters. The molecule has 0 aromatic carbocycles. The first-order valence-corrected chi connectivity index (χ1v) is 9.66. The zero-order valence-electron chi connectivity index (χ0n) is 14.1. The van der Waals surface area contributed by atoms with Crippen LogP contribution in [0.1, 0.15) is 38.5 Å². The minimum atomic E-state index is 0.531. The van der Waals surface area contributed by atoms with Crippen molar-refractivity contribution in [3.8, 4) is 0 Å². The molecular formula is C18H28N4S. The molecule has 1 fully saturated rings. The first-order chi connectivity index (χ1) is 11.3. The summed E-state index contributed by atoms with van der Waals surface area (Å²) in [5.41, 5.74) is 1.61. The molecular weight excluding hydrogens is 304 g/mol. The third-order valence-electron chi connectivity index (χ3n) is 4.75. The van der Waals surface area contributed by atoms with Gasteiger partial charge in [-0.3, -0.25) is 4.99 Å². The fourth-order valence-corrected chi connectivity index (χ4v) is 4.17. The fraction of sp³-hybridized carbons (Fsp3) is 0.611. The quantitative estimate of drug-likeness (QED) is 0.493. The minimum Gasteiger partial charge on any atom is -0.363 e. The van der Waals surface area contributed by atoms with Crippen LogP contribution in [0.3, 0.4) is 0 Å². The van der Waals surface area contributed by atoms with Crippen LogP contribution in [0.5, 0.6) is 0 Å². The van der Waals surface area contributed by atoms with Crippen molar-refractivity contribution in [3.05, 3.63) is 29.2 Å². The SMILES string of the molecule is CN=C(NCCC1=CCCC1)NC1CCN(c2cccs2)CC1. The second-order valence-corrected chi connectivity index (χ2v) is 7.29. The molecule has 1 aliphatic carbocycles. The van der Waals surface area contributed by atoms with Crippen molar-refractivity contribution in [2.75, 3.05) is 31.6 Å². The number of aliphatic imine (C=N–C) groups is 1. The zero-order valence-corrected chi connectivity index (χ0v) is 14.9. The Balaban J connectivity index is 1.38. The lowest BCUT2D eigenvalue weighted by atomic mass is 10.1. The van der Waals surface area contributed by atoms with Crippen molar-refractivity contribution in [1.82, 2.24) is 10.6 Å². The van der Waals surface area contributed by atoms with Gasteiger partial charge in [-0.15, -0.1) is 11.3 Å². The van der Waals surface area contributed by atoms with E-state index in [4.69, 9.17) is 0 Å². The van der Waals surface area contributed by atoms with E-state index in [0.29, 0.717) is 6.04 Å². The molecule has 0 bridgehead atoms. The van der Waals surface area contributed by atoms with E-state index in [9.17, 15) is 0 Å². The van der Waals surface area contributed by atoms with E-state index in [1.165, 1.54) is 37.1 Å². The Kier molecular flexibility index (Phi) is 5.97. The maximum Gasteiger partial charge on any atom is 0.191 e. The first-order valence-electron chi connectivity index (χ1n) is 8.78. The number of nitrogens with one attached hydrogen (secondary N) is 2. The van der Waals surface area contributed by atoms with E-state index in [0.717, 1.165) is 32.0 Å². The van der Waals surface area contributed by atoms with Gasteiger partial charge in [0.1, 0.15) is 0 Å². The summed E-state index contributed by atoms with van der Waals surface area (Å²) in [5, 5.41) is 10.6. The minimum absolute atomic E-state index is 0.531. The number of hydrogen-bond acceptors (Lipinski definition) is 3. The lowest BCUT2D eigenvalue weighted by Crippen LogP contribution is -2.48. The van der Waals surface area contributed by atoms with Gasteiger partial charge >= 0.3 is 0 Å². The van der Waals surface area contributed by atoms with Crippen LogP contribution in [0.4, 0.5) is 5.00 Å². The number of hydrogen-bond donors (Lipinski definition) is 2. The summed E-state index contributed by atoms with van der Waals surface area (Å²) >= 11 is 1.84. The Morgan fingerprint density at radius 2 is 2.26 bits per heavy atom. The Morgan fingerprint density at radius 1 is 1.39 bits per heavy atom. The summed E-state index contributed by atoms with van der Waals surface area (Å²) in [6.45, 7) is 3.24. The zero-order chi connectivity index (χ0) is 15.9. The summed E-state index contributed by atoms with van der Waals surface area (Å²) in [6.07, 6.45) is 9.79. The highest BCUT2D eigenvalue weighted by Gasteiger charge is 2.20. The van der Waals surface area contributed by atoms with Crippen LogP contribution >= 0.6 is 11.3 Å². The summed E-state index contributed by atoms with van der Waals surface area (Å²) in [5.74, 6) is 0.957. The molecule has 0 atom stereocenters. The second kappa shape index (κ2) is 8.39. The molecule has 0 saturated carbocycles. The van der Waals surface area contributed by atoms with Crippen molar-refractivity contribution in [1.29, 1.82) is 0 Å². The third-order valence-corrected chi connectivity index (χ3v) is 5.68. The molecule has 1 aromatic rings. The number of nitrogens with zero attached hydrogens (tertiary/aromatic N) is 2. The number of rotatable bonds is 5. The van der Waals surface area contributed by atoms with Crippen molar-refractivity contribution in [3.63, 3.8) is 0 Å². The molecule has 2 aliphatic rings. The van der Waals surface area contributed by atoms with Crippen molar-refractivity contribution >= 4 is 22.3 Å². The number of allylic oxidation sites excluding steroid dienone is 1. The highest BCUT2D eigenvalue weighted by Crippen LogP contribution is 2.24. The van der Waals surface area contributed by atoms with E-state index in [2.05, 4.69) is 44.1 Å². The molecule has 1 saturated heterocycles. The normalized spacial score (nSPS) is 19.8. The van der Waals surface area contributed by atoms with E-state index in [1.807, 2.05) is 18.4 Å². The summed E-state index contributed by atoms with van der Waals surface area (Å²) in [4.78, 5) is 6.87. The van der Waals surface area contributed by atoms with E-state index in [-0.39, 0.29) is 0 Å². The van der Waals surface area contributed by atoms with Crippen LogP contribution in [0.2, 0.25) is 0 Å². The molecule has 4 nitrogen and oxygen atoms in total. The average Bonchev–Trinajstić information content (AvgIpc) is 3.28. The smallest absolute Gasteiger partial charge is 0.191 e. The molecule has 1 aromatic heterocycles. The molecule has 23 heavy (non-hydrogen) atoms. The van der Waals surface area contributed by atoms with Gasteiger partial charge < -0.3 is 15.5 Å². The summed E-state index contributed by atoms with van der Waals surface area (Å²) < 4.78 is 0. The average molecular weight is 333 g/mol. The van der Waals surface area contributed by atoms with Gasteiger partial charge in [0.2, 0.25) is 0 Å². The highest BCUT2D eigenvalue weighted by molar-refractivity contribution is 7.14. The molecule has 2 N–H and O–H groups in total. The number of thiophene rings is 1. The largest absolute Gasteiger partial charge is 0.363 e. The molecule has 126 valence electrons. The fourth-order valence-electron chi connectivity index (χ4n) is 3.39. The second-order valence-electron chi connectivity index (χ2n) is 6.36.